The second kappa shape index (κ2) is 7.37. The normalized spacial score (nSPS) is 18.6. The molecule has 0 aliphatic rings. The van der Waals surface area contributed by atoms with Gasteiger partial charge in [0.2, 0.25) is 10.0 Å². The molecule has 0 aliphatic heterocycles. The average molecular weight is 374 g/mol. The molecule has 0 aromatic rings. The van der Waals surface area contributed by atoms with E-state index in [2.05, 4.69) is 0 Å². The van der Waals surface area contributed by atoms with Crippen molar-refractivity contribution in [1.29, 1.82) is 0 Å². The van der Waals surface area contributed by atoms with Gasteiger partial charge in [0.25, 0.3) is 0 Å². The molecule has 0 aliphatic carbocycles. The lowest BCUT2D eigenvalue weighted by atomic mass is 9.87. The maximum atomic E-state index is 12.6. The molecule has 140 valence electrons. The Bertz CT molecular complexity index is 675. The molecule has 1 unspecified atom stereocenters. The lowest BCUT2D eigenvalue weighted by Crippen LogP contribution is -2.55. The summed E-state index contributed by atoms with van der Waals surface area (Å²) in [7, 11) is -7.84. The Kier molecular flexibility index (Phi) is 5.65. The highest BCUT2D eigenvalue weighted by Crippen LogP contribution is 2.26. The first-order valence-corrected chi connectivity index (χ1v) is 11.0. The van der Waals surface area contributed by atoms with Crippen LogP contribution in [0, 0.1) is 5.41 Å². The highest BCUT2D eigenvalue weighted by atomic mass is 32.2. The first-order chi connectivity index (χ1) is 11.1. The second-order valence-electron chi connectivity index (χ2n) is 8.15. The molecule has 0 saturated carbocycles. The van der Waals surface area contributed by atoms with Crippen molar-refractivity contribution >= 4 is 19.9 Å². The standard InChI is InChI=1S/C15H34N2O4S2/c1-13(14(2,3)4)16(10-11-22(8,18)19)12-17(15(5,6)7)23(9,20)21/h13H,10-12H2,1-9H3/i9D3. The third-order valence-electron chi connectivity index (χ3n) is 3.90. The molecular formula is C15H34N2O4S2. The summed E-state index contributed by atoms with van der Waals surface area (Å²) in [5.74, 6) is -0.140. The van der Waals surface area contributed by atoms with Gasteiger partial charge in [-0.05, 0) is 33.1 Å². The Morgan fingerprint density at radius 2 is 1.52 bits per heavy atom. The van der Waals surface area contributed by atoms with E-state index >= 15 is 0 Å². The molecule has 0 amide bonds. The predicted molar refractivity (Wildman–Crippen MR) is 96.6 cm³/mol. The maximum absolute atomic E-state index is 12.6. The van der Waals surface area contributed by atoms with E-state index in [1.54, 1.807) is 25.7 Å². The zero-order chi connectivity index (χ0) is 21.4. The Morgan fingerprint density at radius 3 is 1.83 bits per heavy atom. The van der Waals surface area contributed by atoms with Gasteiger partial charge in [0.05, 0.1) is 18.6 Å². The highest BCUT2D eigenvalue weighted by molar-refractivity contribution is 7.90. The van der Waals surface area contributed by atoms with Gasteiger partial charge in [0.15, 0.2) is 0 Å². The van der Waals surface area contributed by atoms with Crippen LogP contribution in [0.25, 0.3) is 0 Å². The van der Waals surface area contributed by atoms with Crippen LogP contribution in [0.15, 0.2) is 0 Å². The minimum Gasteiger partial charge on any atom is -0.285 e. The van der Waals surface area contributed by atoms with Gasteiger partial charge in [0.1, 0.15) is 9.84 Å². The summed E-state index contributed by atoms with van der Waals surface area (Å²) in [5.41, 5.74) is -1.24. The third kappa shape index (κ3) is 8.47. The summed E-state index contributed by atoms with van der Waals surface area (Å²) in [5, 5.41) is 0. The number of rotatable bonds is 7. The number of nitrogens with zero attached hydrogens (tertiary/aromatic N) is 2. The Hall–Kier alpha value is -0.180. The van der Waals surface area contributed by atoms with E-state index in [0.29, 0.717) is 0 Å². The van der Waals surface area contributed by atoms with Crippen molar-refractivity contribution in [2.24, 2.45) is 5.41 Å². The SMILES string of the molecule is [2H]C([2H])([2H])S(=O)(=O)N(CN(CCS(C)(=O)=O)C(C)C(C)(C)C)C(C)(C)C. The van der Waals surface area contributed by atoms with Crippen LogP contribution in [0.1, 0.15) is 52.6 Å². The topological polar surface area (TPSA) is 74.8 Å². The van der Waals surface area contributed by atoms with Crippen molar-refractivity contribution in [2.75, 3.05) is 31.4 Å². The van der Waals surface area contributed by atoms with Crippen LogP contribution in [0.2, 0.25) is 0 Å². The molecule has 0 bridgehead atoms. The number of sulfone groups is 1. The fraction of sp³-hybridized carbons (Fsp3) is 1.00. The van der Waals surface area contributed by atoms with Crippen LogP contribution < -0.4 is 0 Å². The van der Waals surface area contributed by atoms with Crippen molar-refractivity contribution in [3.8, 4) is 0 Å². The average Bonchev–Trinajstić information content (AvgIpc) is 2.32. The molecule has 8 heteroatoms. The molecule has 0 aromatic heterocycles. The van der Waals surface area contributed by atoms with Gasteiger partial charge in [-0.2, -0.15) is 4.31 Å². The van der Waals surface area contributed by atoms with Gasteiger partial charge in [0, 0.05) is 28.5 Å². The molecule has 0 rings (SSSR count). The fourth-order valence-corrected chi connectivity index (χ4v) is 3.62. The summed E-state index contributed by atoms with van der Waals surface area (Å²) < 4.78 is 71.6. The predicted octanol–water partition coefficient (Wildman–Crippen LogP) is 1.79. The van der Waals surface area contributed by atoms with Crippen molar-refractivity contribution in [3.63, 3.8) is 0 Å². The van der Waals surface area contributed by atoms with Gasteiger partial charge in [-0.1, -0.05) is 20.8 Å². The van der Waals surface area contributed by atoms with E-state index in [9.17, 15) is 16.8 Å². The Balaban J connectivity index is 6.00. The lowest BCUT2D eigenvalue weighted by Gasteiger charge is -2.43. The molecule has 0 saturated heterocycles. The van der Waals surface area contributed by atoms with E-state index < -0.39 is 31.6 Å². The van der Waals surface area contributed by atoms with E-state index in [4.69, 9.17) is 4.11 Å². The zero-order valence-corrected chi connectivity index (χ0v) is 17.2. The summed E-state index contributed by atoms with van der Waals surface area (Å²) in [6, 6.07) is -0.180. The minimum absolute atomic E-state index is 0.111. The van der Waals surface area contributed by atoms with E-state index in [0.717, 1.165) is 10.6 Å². The number of sulfonamides is 1. The Morgan fingerprint density at radius 1 is 1.04 bits per heavy atom. The number of hydrogen-bond donors (Lipinski definition) is 0. The summed E-state index contributed by atoms with van der Waals surface area (Å²) in [6.45, 7) is 12.5. The molecule has 23 heavy (non-hydrogen) atoms. The molecule has 6 nitrogen and oxygen atoms in total. The molecule has 0 spiro atoms. The van der Waals surface area contributed by atoms with E-state index in [1.807, 2.05) is 27.7 Å². The van der Waals surface area contributed by atoms with E-state index in [-0.39, 0.29) is 30.4 Å². The van der Waals surface area contributed by atoms with Gasteiger partial charge in [-0.3, -0.25) is 4.90 Å². The quantitative estimate of drug-likeness (QED) is 0.636. The minimum atomic E-state index is -4.58. The van der Waals surface area contributed by atoms with Crippen molar-refractivity contribution in [3.05, 3.63) is 0 Å². The van der Waals surface area contributed by atoms with Crippen LogP contribution in [0.3, 0.4) is 0 Å². The summed E-state index contributed by atoms with van der Waals surface area (Å²) in [6.07, 6.45) is -2.07. The fourth-order valence-electron chi connectivity index (χ4n) is 2.03. The smallest absolute Gasteiger partial charge is 0.212 e. The van der Waals surface area contributed by atoms with Crippen LogP contribution in [-0.4, -0.2) is 69.0 Å². The van der Waals surface area contributed by atoms with Gasteiger partial charge < -0.3 is 0 Å². The van der Waals surface area contributed by atoms with Crippen molar-refractivity contribution in [1.82, 2.24) is 9.21 Å². The monoisotopic (exact) mass is 373 g/mol. The number of hydrogen-bond acceptors (Lipinski definition) is 5. The van der Waals surface area contributed by atoms with Gasteiger partial charge in [-0.15, -0.1) is 0 Å². The summed E-state index contributed by atoms with van der Waals surface area (Å²) >= 11 is 0. The molecule has 0 radical (unpaired) electrons. The largest absolute Gasteiger partial charge is 0.285 e. The first-order valence-electron chi connectivity index (χ1n) is 9.05. The van der Waals surface area contributed by atoms with E-state index in [1.165, 1.54) is 0 Å². The first kappa shape index (κ1) is 17.6. The van der Waals surface area contributed by atoms with Crippen molar-refractivity contribution < 1.29 is 20.9 Å². The molecular weight excluding hydrogens is 336 g/mol. The van der Waals surface area contributed by atoms with Crippen LogP contribution in [-0.2, 0) is 19.9 Å². The van der Waals surface area contributed by atoms with Crippen LogP contribution in [0.4, 0.5) is 0 Å². The maximum Gasteiger partial charge on any atom is 0.212 e. The van der Waals surface area contributed by atoms with Gasteiger partial charge in [-0.25, -0.2) is 16.8 Å². The molecule has 0 fully saturated rings. The molecule has 1 atom stereocenters. The second-order valence-corrected chi connectivity index (χ2v) is 11.8. The van der Waals surface area contributed by atoms with Gasteiger partial charge >= 0.3 is 0 Å². The molecule has 0 N–H and O–H groups in total. The lowest BCUT2D eigenvalue weighted by molar-refractivity contribution is 0.0596. The third-order valence-corrected chi connectivity index (χ3v) is 6.07. The zero-order valence-electron chi connectivity index (χ0n) is 18.5. The van der Waals surface area contributed by atoms with Crippen LogP contribution >= 0.6 is 0 Å². The Labute approximate surface area is 147 Å². The molecule has 0 heterocycles. The van der Waals surface area contributed by atoms with Crippen molar-refractivity contribution in [2.45, 2.75) is 60.0 Å². The van der Waals surface area contributed by atoms with Crippen LogP contribution in [0.5, 0.6) is 0 Å². The highest BCUT2D eigenvalue weighted by Gasteiger charge is 2.35. The molecule has 0 aromatic carbocycles. The summed E-state index contributed by atoms with van der Waals surface area (Å²) in [4.78, 5) is 1.72.